The molecule has 2 aromatic rings. The highest BCUT2D eigenvalue weighted by Crippen LogP contribution is 2.37. The SMILES string of the molecule is Cc1ccc(C2=C(N3CC(C)CC(C)C3)C(=O)N(Cc3ccccc3Cl)C2=O)c(C)c1. The number of imide groups is 1. The van der Waals surface area contributed by atoms with Crippen LogP contribution in [0.4, 0.5) is 0 Å². The van der Waals surface area contributed by atoms with E-state index in [-0.39, 0.29) is 18.4 Å². The normalized spacial score (nSPS) is 22.0. The van der Waals surface area contributed by atoms with Crippen LogP contribution in [0.1, 0.15) is 42.5 Å². The molecule has 2 aliphatic rings. The molecule has 2 atom stereocenters. The van der Waals surface area contributed by atoms with E-state index in [1.807, 2.05) is 44.2 Å². The Balaban J connectivity index is 1.80. The molecule has 2 aromatic carbocycles. The first-order chi connectivity index (χ1) is 14.8. The molecule has 0 saturated carbocycles. The number of amides is 2. The van der Waals surface area contributed by atoms with Gasteiger partial charge in [-0.25, -0.2) is 0 Å². The maximum absolute atomic E-state index is 13.7. The molecule has 0 bridgehead atoms. The summed E-state index contributed by atoms with van der Waals surface area (Å²) < 4.78 is 0. The summed E-state index contributed by atoms with van der Waals surface area (Å²) in [5, 5.41) is 0.560. The van der Waals surface area contributed by atoms with Crippen molar-refractivity contribution in [1.29, 1.82) is 0 Å². The van der Waals surface area contributed by atoms with Gasteiger partial charge in [0.05, 0.1) is 12.1 Å². The first-order valence-electron chi connectivity index (χ1n) is 10.9. The number of carbonyl (C=O) groups excluding carboxylic acids is 2. The number of rotatable bonds is 4. The van der Waals surface area contributed by atoms with Crippen molar-refractivity contribution >= 4 is 29.0 Å². The van der Waals surface area contributed by atoms with E-state index in [2.05, 4.69) is 24.8 Å². The fourth-order valence-electron chi connectivity index (χ4n) is 4.98. The Kier molecular flexibility index (Phi) is 5.94. The summed E-state index contributed by atoms with van der Waals surface area (Å²) in [7, 11) is 0. The largest absolute Gasteiger partial charge is 0.366 e. The van der Waals surface area contributed by atoms with Crippen molar-refractivity contribution in [3.05, 3.63) is 75.4 Å². The summed E-state index contributed by atoms with van der Waals surface area (Å²) in [5.41, 5.74) is 4.82. The molecule has 1 saturated heterocycles. The standard InChI is InChI=1S/C26H29ClN2O2/c1-16-9-10-21(19(4)12-16)23-24(28-13-17(2)11-18(3)14-28)26(31)29(25(23)30)15-20-7-5-6-8-22(20)27/h5-10,12,17-18H,11,13-15H2,1-4H3. The number of nitrogens with zero attached hydrogens (tertiary/aromatic N) is 2. The Morgan fingerprint density at radius 1 is 0.968 bits per heavy atom. The highest BCUT2D eigenvalue weighted by atomic mass is 35.5. The van der Waals surface area contributed by atoms with Crippen LogP contribution in [0.5, 0.6) is 0 Å². The van der Waals surface area contributed by atoms with Crippen molar-refractivity contribution in [1.82, 2.24) is 9.80 Å². The van der Waals surface area contributed by atoms with Crippen molar-refractivity contribution in [2.75, 3.05) is 13.1 Å². The van der Waals surface area contributed by atoms with Gasteiger partial charge in [0.25, 0.3) is 11.8 Å². The second kappa shape index (κ2) is 8.51. The van der Waals surface area contributed by atoms with E-state index in [4.69, 9.17) is 11.6 Å². The fourth-order valence-corrected chi connectivity index (χ4v) is 5.18. The number of hydrogen-bond acceptors (Lipinski definition) is 3. The van der Waals surface area contributed by atoms with Gasteiger partial charge in [-0.1, -0.05) is 67.4 Å². The van der Waals surface area contributed by atoms with Gasteiger partial charge in [-0.15, -0.1) is 0 Å². The molecular formula is C26H29ClN2O2. The molecule has 162 valence electrons. The zero-order chi connectivity index (χ0) is 22.3. The van der Waals surface area contributed by atoms with Gasteiger partial charge >= 0.3 is 0 Å². The van der Waals surface area contributed by atoms with Crippen LogP contribution in [0.3, 0.4) is 0 Å². The molecule has 31 heavy (non-hydrogen) atoms. The summed E-state index contributed by atoms with van der Waals surface area (Å²) in [6, 6.07) is 13.4. The average Bonchev–Trinajstić information content (AvgIpc) is 2.93. The summed E-state index contributed by atoms with van der Waals surface area (Å²) in [6.45, 7) is 10.2. The lowest BCUT2D eigenvalue weighted by Gasteiger charge is -2.37. The number of halogens is 1. The molecule has 2 aliphatic heterocycles. The van der Waals surface area contributed by atoms with Gasteiger partial charge in [0.2, 0.25) is 0 Å². The molecule has 0 N–H and O–H groups in total. The first kappa shape index (κ1) is 21.6. The second-order valence-corrected chi connectivity index (χ2v) is 9.59. The van der Waals surface area contributed by atoms with Crippen LogP contribution >= 0.6 is 11.6 Å². The van der Waals surface area contributed by atoms with Gasteiger partial charge in [0.15, 0.2) is 0 Å². The summed E-state index contributed by atoms with van der Waals surface area (Å²) in [4.78, 5) is 30.8. The van der Waals surface area contributed by atoms with E-state index < -0.39 is 0 Å². The molecule has 5 heteroatoms. The quantitative estimate of drug-likeness (QED) is 0.617. The molecular weight excluding hydrogens is 408 g/mol. The summed E-state index contributed by atoms with van der Waals surface area (Å²) >= 11 is 6.34. The maximum Gasteiger partial charge on any atom is 0.278 e. The van der Waals surface area contributed by atoms with Gasteiger partial charge in [-0.05, 0) is 54.9 Å². The Labute approximate surface area is 189 Å². The molecule has 1 fully saturated rings. The third kappa shape index (κ3) is 4.14. The van der Waals surface area contributed by atoms with E-state index in [9.17, 15) is 9.59 Å². The van der Waals surface area contributed by atoms with Crippen molar-refractivity contribution < 1.29 is 9.59 Å². The van der Waals surface area contributed by atoms with Gasteiger partial charge in [0, 0.05) is 18.1 Å². The van der Waals surface area contributed by atoms with Gasteiger partial charge in [0.1, 0.15) is 5.70 Å². The average molecular weight is 437 g/mol. The van der Waals surface area contributed by atoms with Crippen LogP contribution < -0.4 is 0 Å². The van der Waals surface area contributed by atoms with Gasteiger partial charge < -0.3 is 4.90 Å². The number of benzene rings is 2. The minimum absolute atomic E-state index is 0.175. The van der Waals surface area contributed by atoms with E-state index in [0.717, 1.165) is 41.8 Å². The predicted molar refractivity (Wildman–Crippen MR) is 124 cm³/mol. The Morgan fingerprint density at radius 2 is 1.65 bits per heavy atom. The van der Waals surface area contributed by atoms with Crippen molar-refractivity contribution in [3.8, 4) is 0 Å². The lowest BCUT2D eigenvalue weighted by atomic mass is 9.90. The van der Waals surface area contributed by atoms with Crippen molar-refractivity contribution in [2.45, 2.75) is 40.7 Å². The molecule has 0 spiro atoms. The van der Waals surface area contributed by atoms with Crippen LogP contribution in [0.25, 0.3) is 5.57 Å². The molecule has 2 heterocycles. The lowest BCUT2D eigenvalue weighted by Crippen LogP contribution is -2.41. The Morgan fingerprint density at radius 3 is 2.29 bits per heavy atom. The number of carbonyl (C=O) groups is 2. The zero-order valence-corrected chi connectivity index (χ0v) is 19.4. The maximum atomic E-state index is 13.7. The van der Waals surface area contributed by atoms with E-state index >= 15 is 0 Å². The molecule has 0 aromatic heterocycles. The molecule has 4 nitrogen and oxygen atoms in total. The van der Waals surface area contributed by atoms with Crippen molar-refractivity contribution in [2.24, 2.45) is 11.8 Å². The van der Waals surface area contributed by atoms with Crippen LogP contribution in [0.2, 0.25) is 5.02 Å². The summed E-state index contributed by atoms with van der Waals surface area (Å²) in [5.74, 6) is 0.480. The highest BCUT2D eigenvalue weighted by molar-refractivity contribution is 6.36. The Hall–Kier alpha value is -2.59. The van der Waals surface area contributed by atoms with Crippen LogP contribution in [-0.2, 0) is 16.1 Å². The highest BCUT2D eigenvalue weighted by Gasteiger charge is 2.43. The second-order valence-electron chi connectivity index (χ2n) is 9.18. The topological polar surface area (TPSA) is 40.6 Å². The van der Waals surface area contributed by atoms with Crippen LogP contribution in [0, 0.1) is 25.7 Å². The third-order valence-corrected chi connectivity index (χ3v) is 6.63. The molecule has 2 amide bonds. The molecule has 2 unspecified atom stereocenters. The number of likely N-dealkylation sites (tertiary alicyclic amines) is 1. The van der Waals surface area contributed by atoms with E-state index in [1.54, 1.807) is 6.07 Å². The van der Waals surface area contributed by atoms with E-state index in [0.29, 0.717) is 28.1 Å². The predicted octanol–water partition coefficient (Wildman–Crippen LogP) is 5.21. The molecule has 4 rings (SSSR count). The summed E-state index contributed by atoms with van der Waals surface area (Å²) in [6.07, 6.45) is 1.13. The molecule has 0 aliphatic carbocycles. The Bertz CT molecular complexity index is 1060. The number of aryl methyl sites for hydroxylation is 2. The monoisotopic (exact) mass is 436 g/mol. The van der Waals surface area contributed by atoms with Crippen LogP contribution in [0.15, 0.2) is 48.2 Å². The van der Waals surface area contributed by atoms with Gasteiger partial charge in [-0.3, -0.25) is 14.5 Å². The number of hydrogen-bond donors (Lipinski definition) is 0. The lowest BCUT2D eigenvalue weighted by molar-refractivity contribution is -0.138. The molecule has 0 radical (unpaired) electrons. The van der Waals surface area contributed by atoms with Gasteiger partial charge in [-0.2, -0.15) is 0 Å². The fraction of sp³-hybridized carbons (Fsp3) is 0.385. The number of piperidine rings is 1. The first-order valence-corrected chi connectivity index (χ1v) is 11.3. The minimum atomic E-state index is -0.238. The smallest absolute Gasteiger partial charge is 0.278 e. The zero-order valence-electron chi connectivity index (χ0n) is 18.6. The minimum Gasteiger partial charge on any atom is -0.366 e. The third-order valence-electron chi connectivity index (χ3n) is 6.27. The van der Waals surface area contributed by atoms with E-state index in [1.165, 1.54) is 4.90 Å². The van der Waals surface area contributed by atoms with Crippen molar-refractivity contribution in [3.63, 3.8) is 0 Å². The van der Waals surface area contributed by atoms with Crippen LogP contribution in [-0.4, -0.2) is 34.7 Å².